The summed E-state index contributed by atoms with van der Waals surface area (Å²) in [6, 6.07) is 16.2. The number of esters is 1. The number of methoxy groups -OCH3 is 1. The van der Waals surface area contributed by atoms with Gasteiger partial charge >= 0.3 is 5.97 Å². The first kappa shape index (κ1) is 23.7. The molecule has 2 aromatic carbocycles. The average molecular weight is 490 g/mol. The van der Waals surface area contributed by atoms with Gasteiger partial charge in [-0.3, -0.25) is 14.5 Å². The SMILES string of the molecule is COc1ccc2c(c1)[C@]13CCN(CC4CC4)[C@H](C2)[C@]1(OC(C)=O)CC(OCc1ccccc1)C(=O)C3. The number of piperidine rings is 1. The van der Waals surface area contributed by atoms with Gasteiger partial charge in [-0.15, -0.1) is 0 Å². The lowest BCUT2D eigenvalue weighted by Gasteiger charge is -2.65. The predicted octanol–water partition coefficient (Wildman–Crippen LogP) is 4.22. The molecule has 0 N–H and O–H groups in total. The van der Waals surface area contributed by atoms with Crippen molar-refractivity contribution in [3.8, 4) is 5.75 Å². The van der Waals surface area contributed by atoms with Crippen LogP contribution in [0.15, 0.2) is 48.5 Å². The first-order chi connectivity index (χ1) is 17.4. The van der Waals surface area contributed by atoms with Crippen molar-refractivity contribution >= 4 is 11.8 Å². The Kier molecular flexibility index (Phi) is 5.92. The molecular weight excluding hydrogens is 454 g/mol. The smallest absolute Gasteiger partial charge is 0.303 e. The lowest BCUT2D eigenvalue weighted by molar-refractivity contribution is -0.218. The first-order valence-electron chi connectivity index (χ1n) is 13.2. The molecule has 2 aromatic rings. The van der Waals surface area contributed by atoms with Gasteiger partial charge in [-0.1, -0.05) is 36.4 Å². The fourth-order valence-corrected chi connectivity index (χ4v) is 7.19. The van der Waals surface area contributed by atoms with Crippen molar-refractivity contribution in [2.45, 2.75) is 75.2 Å². The molecule has 1 aliphatic heterocycles. The Balaban J connectivity index is 1.43. The number of ketones is 1. The second-order valence-electron chi connectivity index (χ2n) is 11.1. The summed E-state index contributed by atoms with van der Waals surface area (Å²) in [5.41, 5.74) is 1.98. The molecule has 1 heterocycles. The summed E-state index contributed by atoms with van der Waals surface area (Å²) in [7, 11) is 1.67. The van der Waals surface area contributed by atoms with E-state index in [1.54, 1.807) is 7.11 Å². The van der Waals surface area contributed by atoms with Gasteiger partial charge in [0.2, 0.25) is 0 Å². The highest BCUT2D eigenvalue weighted by molar-refractivity contribution is 5.87. The van der Waals surface area contributed by atoms with Gasteiger partial charge in [-0.2, -0.15) is 0 Å². The zero-order valence-corrected chi connectivity index (χ0v) is 21.2. The van der Waals surface area contributed by atoms with E-state index in [1.165, 1.54) is 25.3 Å². The van der Waals surface area contributed by atoms with Crippen LogP contribution < -0.4 is 4.74 Å². The highest BCUT2D eigenvalue weighted by Gasteiger charge is 2.69. The molecule has 190 valence electrons. The molecule has 6 heteroatoms. The Morgan fingerprint density at radius 1 is 1.14 bits per heavy atom. The minimum atomic E-state index is -0.819. The standard InChI is InChI=1S/C30H35NO5/c1-20(32)36-30-17-27(35-19-22-6-4-3-5-7-22)26(33)16-29(30)12-13-31(18-21-8-9-21)28(30)14-23-10-11-24(34-2)15-25(23)29/h3-7,10-11,15,21,27-28H,8-9,12-14,16-19H2,1-2H3/t27?,28-,29-,30-/m1/s1. The maximum absolute atomic E-state index is 13.7. The van der Waals surface area contributed by atoms with Crippen molar-refractivity contribution in [2.75, 3.05) is 20.2 Å². The van der Waals surface area contributed by atoms with Gasteiger partial charge in [0, 0.05) is 31.7 Å². The van der Waals surface area contributed by atoms with Crippen molar-refractivity contribution in [3.05, 3.63) is 65.2 Å². The molecule has 3 fully saturated rings. The largest absolute Gasteiger partial charge is 0.497 e. The van der Waals surface area contributed by atoms with E-state index in [4.69, 9.17) is 14.2 Å². The third-order valence-electron chi connectivity index (χ3n) is 8.99. The number of carbonyl (C=O) groups is 2. The minimum Gasteiger partial charge on any atom is -0.497 e. The van der Waals surface area contributed by atoms with Gasteiger partial charge in [0.1, 0.15) is 17.5 Å². The summed E-state index contributed by atoms with van der Waals surface area (Å²) in [6.07, 6.45) is 4.21. The minimum absolute atomic E-state index is 0.0209. The Morgan fingerprint density at radius 2 is 1.94 bits per heavy atom. The average Bonchev–Trinajstić information content (AvgIpc) is 3.69. The second kappa shape index (κ2) is 9.00. The van der Waals surface area contributed by atoms with E-state index in [0.29, 0.717) is 19.4 Å². The molecular formula is C30H35NO5. The molecule has 6 nitrogen and oxygen atoms in total. The number of hydrogen-bond acceptors (Lipinski definition) is 6. The maximum atomic E-state index is 13.7. The summed E-state index contributed by atoms with van der Waals surface area (Å²) in [4.78, 5) is 29.0. The molecule has 0 aromatic heterocycles. The number of hydrogen-bond donors (Lipinski definition) is 0. The van der Waals surface area contributed by atoms with Gasteiger partial charge in [0.15, 0.2) is 5.78 Å². The third kappa shape index (κ3) is 3.86. The Hall–Kier alpha value is -2.70. The molecule has 3 aliphatic carbocycles. The number of benzene rings is 2. The molecule has 0 radical (unpaired) electrons. The molecule has 2 saturated carbocycles. The van der Waals surface area contributed by atoms with Crippen molar-refractivity contribution in [1.29, 1.82) is 0 Å². The summed E-state index contributed by atoms with van der Waals surface area (Å²) < 4.78 is 18.4. The topological polar surface area (TPSA) is 65.1 Å². The van der Waals surface area contributed by atoms with E-state index in [-0.39, 0.29) is 17.8 Å². The number of Topliss-reactive ketones (excluding diaryl/α,β-unsaturated/α-hetero) is 1. The number of likely N-dealkylation sites (tertiary alicyclic amines) is 1. The Bertz CT molecular complexity index is 1160. The van der Waals surface area contributed by atoms with Gasteiger partial charge in [0.05, 0.1) is 19.8 Å². The quantitative estimate of drug-likeness (QED) is 0.543. The van der Waals surface area contributed by atoms with Crippen LogP contribution in [0.2, 0.25) is 0 Å². The fourth-order valence-electron chi connectivity index (χ4n) is 7.19. The van der Waals surface area contributed by atoms with E-state index in [0.717, 1.165) is 48.7 Å². The van der Waals surface area contributed by atoms with Gasteiger partial charge in [-0.25, -0.2) is 0 Å². The molecule has 4 aliphatic rings. The van der Waals surface area contributed by atoms with Crippen LogP contribution in [-0.4, -0.2) is 54.6 Å². The van der Waals surface area contributed by atoms with Crippen molar-refractivity contribution in [2.24, 2.45) is 5.92 Å². The van der Waals surface area contributed by atoms with Crippen LogP contribution in [0, 0.1) is 5.92 Å². The van der Waals surface area contributed by atoms with Crippen molar-refractivity contribution in [3.63, 3.8) is 0 Å². The summed E-state index contributed by atoms with van der Waals surface area (Å²) in [5, 5.41) is 0. The Labute approximate surface area is 212 Å². The number of rotatable bonds is 7. The zero-order valence-electron chi connectivity index (χ0n) is 21.2. The van der Waals surface area contributed by atoms with Crippen LogP contribution in [0.3, 0.4) is 0 Å². The maximum Gasteiger partial charge on any atom is 0.303 e. The van der Waals surface area contributed by atoms with Crippen LogP contribution in [0.5, 0.6) is 5.75 Å². The van der Waals surface area contributed by atoms with Crippen LogP contribution in [0.4, 0.5) is 0 Å². The monoisotopic (exact) mass is 489 g/mol. The highest BCUT2D eigenvalue weighted by Crippen LogP contribution is 2.60. The molecule has 0 spiro atoms. The van der Waals surface area contributed by atoms with Gasteiger partial charge in [0.25, 0.3) is 0 Å². The van der Waals surface area contributed by atoms with E-state index in [9.17, 15) is 9.59 Å². The summed E-state index contributed by atoms with van der Waals surface area (Å²) in [6.45, 7) is 3.80. The Morgan fingerprint density at radius 3 is 2.67 bits per heavy atom. The lowest BCUT2D eigenvalue weighted by atomic mass is 9.48. The predicted molar refractivity (Wildman–Crippen MR) is 135 cm³/mol. The van der Waals surface area contributed by atoms with Crippen LogP contribution >= 0.6 is 0 Å². The lowest BCUT2D eigenvalue weighted by Crippen LogP contribution is -2.76. The molecule has 4 atom stereocenters. The second-order valence-corrected chi connectivity index (χ2v) is 11.1. The zero-order chi connectivity index (χ0) is 24.9. The molecule has 1 saturated heterocycles. The summed E-state index contributed by atoms with van der Waals surface area (Å²) >= 11 is 0. The summed E-state index contributed by atoms with van der Waals surface area (Å²) in [5.74, 6) is 1.30. The van der Waals surface area contributed by atoms with Gasteiger partial charge in [-0.05, 0) is 67.0 Å². The van der Waals surface area contributed by atoms with E-state index in [2.05, 4.69) is 17.0 Å². The van der Waals surface area contributed by atoms with Crippen molar-refractivity contribution < 1.29 is 23.8 Å². The van der Waals surface area contributed by atoms with E-state index in [1.807, 2.05) is 36.4 Å². The van der Waals surface area contributed by atoms with Crippen LogP contribution in [0.25, 0.3) is 0 Å². The molecule has 6 rings (SSSR count). The molecule has 36 heavy (non-hydrogen) atoms. The fraction of sp³-hybridized carbons (Fsp3) is 0.533. The molecule has 1 unspecified atom stereocenters. The molecule has 2 bridgehead atoms. The number of ether oxygens (including phenoxy) is 3. The number of nitrogens with zero attached hydrogens (tertiary/aromatic N) is 1. The van der Waals surface area contributed by atoms with Crippen LogP contribution in [-0.2, 0) is 37.5 Å². The van der Waals surface area contributed by atoms with Crippen molar-refractivity contribution in [1.82, 2.24) is 4.90 Å². The third-order valence-corrected chi connectivity index (χ3v) is 8.99. The number of carbonyl (C=O) groups excluding carboxylic acids is 2. The first-order valence-corrected chi connectivity index (χ1v) is 13.2. The van der Waals surface area contributed by atoms with Crippen LogP contribution in [0.1, 0.15) is 55.7 Å². The highest BCUT2D eigenvalue weighted by atomic mass is 16.6. The van der Waals surface area contributed by atoms with Gasteiger partial charge < -0.3 is 14.2 Å². The molecule has 0 amide bonds. The normalized spacial score (nSPS) is 31.3. The van der Waals surface area contributed by atoms with E-state index >= 15 is 0 Å². The number of fused-ring (bicyclic) bond motifs is 1. The van der Waals surface area contributed by atoms with E-state index < -0.39 is 17.1 Å².